The van der Waals surface area contributed by atoms with Gasteiger partial charge in [-0.15, -0.1) is 0 Å². The van der Waals surface area contributed by atoms with E-state index < -0.39 is 23.1 Å². The van der Waals surface area contributed by atoms with Crippen LogP contribution in [0.1, 0.15) is 38.5 Å². The van der Waals surface area contributed by atoms with E-state index in [4.69, 9.17) is 10.2 Å². The lowest BCUT2D eigenvalue weighted by Gasteiger charge is -2.31. The molecule has 5 heteroatoms. The maximum absolute atomic E-state index is 11.1. The molecule has 1 saturated carbocycles. The van der Waals surface area contributed by atoms with Gasteiger partial charge >= 0.3 is 11.9 Å². The first-order chi connectivity index (χ1) is 6.98. The van der Waals surface area contributed by atoms with Crippen LogP contribution in [0.2, 0.25) is 0 Å². The zero-order valence-electron chi connectivity index (χ0n) is 8.36. The fourth-order valence-corrected chi connectivity index (χ4v) is 2.08. The minimum atomic E-state index is -1.54. The van der Waals surface area contributed by atoms with Crippen molar-refractivity contribution in [3.8, 4) is 0 Å². The number of carbonyl (C=O) groups excluding carboxylic acids is 1. The number of carboxylic acid groups (broad SMARTS) is 2. The Kier molecular flexibility index (Phi) is 3.44. The summed E-state index contributed by atoms with van der Waals surface area (Å²) in [5.74, 6) is -3.59. The van der Waals surface area contributed by atoms with Crippen molar-refractivity contribution >= 4 is 17.7 Å². The average Bonchev–Trinajstić information content (AvgIpc) is 2.18. The number of Topliss-reactive ketones (excluding diaryl/α,β-unsaturated/α-hetero) is 1. The van der Waals surface area contributed by atoms with Gasteiger partial charge in [0.25, 0.3) is 0 Å². The molecule has 0 radical (unpaired) electrons. The molecule has 0 spiro atoms. The summed E-state index contributed by atoms with van der Waals surface area (Å²) in [4.78, 5) is 32.5. The van der Waals surface area contributed by atoms with E-state index >= 15 is 0 Å². The standard InChI is InChI=1S/C10H14O5/c11-7(8(12)13)6-10(9(14)15)4-2-1-3-5-10/h1-6H2,(H,12,13)(H,14,15). The highest BCUT2D eigenvalue weighted by atomic mass is 16.4. The molecule has 1 rings (SSSR count). The van der Waals surface area contributed by atoms with E-state index in [1.165, 1.54) is 0 Å². The number of carbonyl (C=O) groups is 3. The molecular formula is C10H14O5. The van der Waals surface area contributed by atoms with Crippen molar-refractivity contribution in [1.29, 1.82) is 0 Å². The third-order valence-corrected chi connectivity index (χ3v) is 3.00. The topological polar surface area (TPSA) is 91.7 Å². The van der Waals surface area contributed by atoms with Crippen molar-refractivity contribution in [3.63, 3.8) is 0 Å². The second kappa shape index (κ2) is 4.42. The highest BCUT2D eigenvalue weighted by Gasteiger charge is 2.42. The van der Waals surface area contributed by atoms with Gasteiger partial charge in [-0.25, -0.2) is 4.79 Å². The van der Waals surface area contributed by atoms with Gasteiger partial charge in [0.1, 0.15) is 0 Å². The Labute approximate surface area is 87.1 Å². The predicted octanol–water partition coefficient (Wildman–Crippen LogP) is 1.07. The first-order valence-corrected chi connectivity index (χ1v) is 4.97. The van der Waals surface area contributed by atoms with Gasteiger partial charge in [0, 0.05) is 6.42 Å². The fraction of sp³-hybridized carbons (Fsp3) is 0.700. The van der Waals surface area contributed by atoms with E-state index in [0.29, 0.717) is 12.8 Å². The van der Waals surface area contributed by atoms with Crippen LogP contribution in [0.4, 0.5) is 0 Å². The zero-order chi connectivity index (χ0) is 11.5. The summed E-state index contributed by atoms with van der Waals surface area (Å²) in [6.45, 7) is 0. The van der Waals surface area contributed by atoms with Crippen LogP contribution in [-0.2, 0) is 14.4 Å². The van der Waals surface area contributed by atoms with E-state index in [1.807, 2.05) is 0 Å². The van der Waals surface area contributed by atoms with Crippen molar-refractivity contribution < 1.29 is 24.6 Å². The molecule has 1 aliphatic carbocycles. The predicted molar refractivity (Wildman–Crippen MR) is 50.4 cm³/mol. The van der Waals surface area contributed by atoms with Crippen LogP contribution >= 0.6 is 0 Å². The van der Waals surface area contributed by atoms with E-state index in [9.17, 15) is 14.4 Å². The summed E-state index contributed by atoms with van der Waals surface area (Å²) in [6, 6.07) is 0. The van der Waals surface area contributed by atoms with E-state index in [0.717, 1.165) is 19.3 Å². The lowest BCUT2D eigenvalue weighted by Crippen LogP contribution is -2.37. The first kappa shape index (κ1) is 11.7. The first-order valence-electron chi connectivity index (χ1n) is 4.97. The number of rotatable bonds is 4. The molecule has 15 heavy (non-hydrogen) atoms. The van der Waals surface area contributed by atoms with Crippen molar-refractivity contribution in [3.05, 3.63) is 0 Å². The maximum Gasteiger partial charge on any atom is 0.372 e. The SMILES string of the molecule is O=C(O)C(=O)CC1(C(=O)O)CCCCC1. The minimum Gasteiger partial charge on any atom is -0.481 e. The highest BCUT2D eigenvalue weighted by molar-refractivity contribution is 6.33. The molecule has 0 amide bonds. The van der Waals surface area contributed by atoms with Crippen molar-refractivity contribution in [2.24, 2.45) is 5.41 Å². The second-order valence-electron chi connectivity index (χ2n) is 4.05. The van der Waals surface area contributed by atoms with Crippen molar-refractivity contribution in [2.75, 3.05) is 0 Å². The van der Waals surface area contributed by atoms with E-state index in [1.54, 1.807) is 0 Å². The molecule has 0 aromatic carbocycles. The van der Waals surface area contributed by atoms with Gasteiger partial charge in [-0.3, -0.25) is 9.59 Å². The number of aliphatic carboxylic acids is 2. The van der Waals surface area contributed by atoms with Crippen LogP contribution in [0.3, 0.4) is 0 Å². The van der Waals surface area contributed by atoms with E-state index in [2.05, 4.69) is 0 Å². The normalized spacial score (nSPS) is 19.5. The molecule has 84 valence electrons. The lowest BCUT2D eigenvalue weighted by atomic mass is 9.71. The van der Waals surface area contributed by atoms with Crippen LogP contribution in [0, 0.1) is 5.41 Å². The molecule has 0 unspecified atom stereocenters. The molecule has 1 aliphatic rings. The van der Waals surface area contributed by atoms with Crippen LogP contribution in [0.5, 0.6) is 0 Å². The fourth-order valence-electron chi connectivity index (χ4n) is 2.08. The Balaban J connectivity index is 2.77. The lowest BCUT2D eigenvalue weighted by molar-refractivity contribution is -0.157. The van der Waals surface area contributed by atoms with Crippen LogP contribution in [0.25, 0.3) is 0 Å². The monoisotopic (exact) mass is 214 g/mol. The molecule has 0 bridgehead atoms. The Hall–Kier alpha value is -1.39. The summed E-state index contributed by atoms with van der Waals surface area (Å²) in [5, 5.41) is 17.5. The second-order valence-corrected chi connectivity index (χ2v) is 4.05. The Morgan fingerprint density at radius 3 is 1.93 bits per heavy atom. The molecule has 0 aromatic rings. The third kappa shape index (κ3) is 2.55. The van der Waals surface area contributed by atoms with Gasteiger partial charge in [0.2, 0.25) is 5.78 Å². The Morgan fingerprint density at radius 2 is 1.53 bits per heavy atom. The molecule has 0 aliphatic heterocycles. The highest BCUT2D eigenvalue weighted by Crippen LogP contribution is 2.39. The average molecular weight is 214 g/mol. The smallest absolute Gasteiger partial charge is 0.372 e. The van der Waals surface area contributed by atoms with Gasteiger partial charge in [-0.2, -0.15) is 0 Å². The maximum atomic E-state index is 11.1. The quantitative estimate of drug-likeness (QED) is 0.683. The molecule has 2 N–H and O–H groups in total. The van der Waals surface area contributed by atoms with Gasteiger partial charge in [-0.1, -0.05) is 19.3 Å². The third-order valence-electron chi connectivity index (χ3n) is 3.00. The summed E-state index contributed by atoms with van der Waals surface area (Å²) >= 11 is 0. The van der Waals surface area contributed by atoms with Crippen LogP contribution < -0.4 is 0 Å². The molecule has 5 nitrogen and oxygen atoms in total. The van der Waals surface area contributed by atoms with E-state index in [-0.39, 0.29) is 6.42 Å². The number of ketones is 1. The molecular weight excluding hydrogens is 200 g/mol. The van der Waals surface area contributed by atoms with Gasteiger partial charge < -0.3 is 10.2 Å². The number of carboxylic acids is 2. The van der Waals surface area contributed by atoms with Gasteiger partial charge in [0.15, 0.2) is 0 Å². The van der Waals surface area contributed by atoms with Crippen molar-refractivity contribution in [2.45, 2.75) is 38.5 Å². The summed E-state index contributed by atoms with van der Waals surface area (Å²) in [7, 11) is 0. The molecule has 0 atom stereocenters. The summed E-state index contributed by atoms with van der Waals surface area (Å²) in [5.41, 5.74) is -1.13. The van der Waals surface area contributed by atoms with Crippen LogP contribution in [0.15, 0.2) is 0 Å². The molecule has 1 fully saturated rings. The molecule has 0 aromatic heterocycles. The van der Waals surface area contributed by atoms with Gasteiger partial charge in [-0.05, 0) is 12.8 Å². The largest absolute Gasteiger partial charge is 0.481 e. The zero-order valence-corrected chi connectivity index (χ0v) is 8.36. The Morgan fingerprint density at radius 1 is 1.00 bits per heavy atom. The molecule has 0 saturated heterocycles. The minimum absolute atomic E-state index is 0.377. The van der Waals surface area contributed by atoms with Crippen molar-refractivity contribution in [1.82, 2.24) is 0 Å². The Bertz CT molecular complexity index is 288. The summed E-state index contributed by atoms with van der Waals surface area (Å²) in [6.07, 6.45) is 2.88. The number of hydrogen-bond acceptors (Lipinski definition) is 3. The summed E-state index contributed by atoms with van der Waals surface area (Å²) < 4.78 is 0. The van der Waals surface area contributed by atoms with Crippen LogP contribution in [-0.4, -0.2) is 27.9 Å². The molecule has 0 heterocycles. The number of hydrogen-bond donors (Lipinski definition) is 2. The van der Waals surface area contributed by atoms with Gasteiger partial charge in [0.05, 0.1) is 5.41 Å².